The lowest BCUT2D eigenvalue weighted by Gasteiger charge is -2.34. The van der Waals surface area contributed by atoms with Crippen molar-refractivity contribution < 1.29 is 9.84 Å². The van der Waals surface area contributed by atoms with Crippen LogP contribution < -0.4 is 5.32 Å². The minimum Gasteiger partial charge on any atom is -0.394 e. The van der Waals surface area contributed by atoms with Crippen LogP contribution in [0.25, 0.3) is 0 Å². The number of nitrogens with one attached hydrogen (secondary N) is 1. The van der Waals surface area contributed by atoms with Gasteiger partial charge in [-0.3, -0.25) is 0 Å². The van der Waals surface area contributed by atoms with E-state index in [-0.39, 0.29) is 12.1 Å². The Morgan fingerprint density at radius 3 is 2.25 bits per heavy atom. The summed E-state index contributed by atoms with van der Waals surface area (Å²) in [6.07, 6.45) is 3.20. The van der Waals surface area contributed by atoms with Crippen molar-refractivity contribution in [1.82, 2.24) is 5.32 Å². The molecular formula is C13H29NO2. The van der Waals surface area contributed by atoms with Crippen LogP contribution in [0.15, 0.2) is 0 Å². The summed E-state index contributed by atoms with van der Waals surface area (Å²) in [6, 6.07) is 0.401. The van der Waals surface area contributed by atoms with E-state index in [1.807, 2.05) is 13.8 Å². The number of aliphatic hydroxyl groups is 1. The van der Waals surface area contributed by atoms with Gasteiger partial charge in [0.1, 0.15) is 0 Å². The van der Waals surface area contributed by atoms with Crippen LogP contribution in [0.1, 0.15) is 53.9 Å². The van der Waals surface area contributed by atoms with Crippen LogP contribution in [0, 0.1) is 0 Å². The molecule has 0 aromatic carbocycles. The second-order valence-electron chi connectivity index (χ2n) is 5.11. The van der Waals surface area contributed by atoms with Gasteiger partial charge in [0.2, 0.25) is 0 Å². The smallest absolute Gasteiger partial charge is 0.0613 e. The molecule has 2 N–H and O–H groups in total. The van der Waals surface area contributed by atoms with E-state index in [4.69, 9.17) is 4.74 Å². The topological polar surface area (TPSA) is 41.5 Å². The summed E-state index contributed by atoms with van der Waals surface area (Å²) in [4.78, 5) is 0. The van der Waals surface area contributed by atoms with Crippen molar-refractivity contribution in [3.05, 3.63) is 0 Å². The molecule has 0 spiro atoms. The standard InChI is InChI=1S/C13H29NO2/c1-6-13(10-15,14-11(2)3)8-7-9-16-12(4)5/h11-12,14-15H,6-10H2,1-5H3. The van der Waals surface area contributed by atoms with E-state index in [2.05, 4.69) is 26.1 Å². The molecule has 3 heteroatoms. The van der Waals surface area contributed by atoms with Crippen molar-refractivity contribution in [1.29, 1.82) is 0 Å². The van der Waals surface area contributed by atoms with Gasteiger partial charge >= 0.3 is 0 Å². The maximum Gasteiger partial charge on any atom is 0.0613 e. The fourth-order valence-electron chi connectivity index (χ4n) is 1.93. The van der Waals surface area contributed by atoms with Crippen LogP contribution >= 0.6 is 0 Å². The van der Waals surface area contributed by atoms with Crippen LogP contribution in [0.5, 0.6) is 0 Å². The molecule has 0 aromatic rings. The number of hydrogen-bond acceptors (Lipinski definition) is 3. The predicted octanol–water partition coefficient (Wildman–Crippen LogP) is 2.33. The summed E-state index contributed by atoms with van der Waals surface area (Å²) < 4.78 is 5.52. The normalized spacial score (nSPS) is 15.8. The molecule has 0 saturated heterocycles. The first kappa shape index (κ1) is 15.9. The molecule has 0 aromatic heterocycles. The van der Waals surface area contributed by atoms with Gasteiger partial charge in [-0.1, -0.05) is 20.8 Å². The van der Waals surface area contributed by atoms with Crippen molar-refractivity contribution >= 4 is 0 Å². The lowest BCUT2D eigenvalue weighted by atomic mass is 9.90. The molecule has 0 saturated carbocycles. The zero-order valence-corrected chi connectivity index (χ0v) is 11.5. The van der Waals surface area contributed by atoms with Crippen molar-refractivity contribution in [2.75, 3.05) is 13.2 Å². The summed E-state index contributed by atoms with van der Waals surface area (Å²) in [5, 5.41) is 13.0. The Kier molecular flexibility index (Phi) is 7.98. The Morgan fingerprint density at radius 1 is 1.25 bits per heavy atom. The van der Waals surface area contributed by atoms with Crippen LogP contribution in [0.4, 0.5) is 0 Å². The van der Waals surface area contributed by atoms with Crippen molar-refractivity contribution in [3.8, 4) is 0 Å². The van der Waals surface area contributed by atoms with E-state index in [0.29, 0.717) is 12.1 Å². The number of aliphatic hydroxyl groups excluding tert-OH is 1. The molecule has 16 heavy (non-hydrogen) atoms. The monoisotopic (exact) mass is 231 g/mol. The first-order chi connectivity index (χ1) is 7.45. The van der Waals surface area contributed by atoms with E-state index in [0.717, 1.165) is 25.9 Å². The molecule has 0 aliphatic heterocycles. The first-order valence-corrected chi connectivity index (χ1v) is 6.46. The van der Waals surface area contributed by atoms with Gasteiger partial charge in [-0.05, 0) is 33.1 Å². The zero-order chi connectivity index (χ0) is 12.6. The quantitative estimate of drug-likeness (QED) is 0.598. The number of ether oxygens (including phenoxy) is 1. The highest BCUT2D eigenvalue weighted by molar-refractivity contribution is 4.87. The third-order valence-corrected chi connectivity index (χ3v) is 2.83. The molecule has 0 fully saturated rings. The zero-order valence-electron chi connectivity index (χ0n) is 11.5. The minimum atomic E-state index is -0.130. The Balaban J connectivity index is 4.01. The predicted molar refractivity (Wildman–Crippen MR) is 68.7 cm³/mol. The second kappa shape index (κ2) is 8.04. The Labute approximate surface area is 101 Å². The minimum absolute atomic E-state index is 0.130. The molecule has 0 rings (SSSR count). The third kappa shape index (κ3) is 6.46. The average Bonchev–Trinajstić information content (AvgIpc) is 2.22. The Hall–Kier alpha value is -0.120. The Bertz CT molecular complexity index is 165. The highest BCUT2D eigenvalue weighted by Gasteiger charge is 2.27. The summed E-state index contributed by atoms with van der Waals surface area (Å²) in [7, 11) is 0. The maximum absolute atomic E-state index is 9.53. The molecule has 0 aliphatic carbocycles. The molecule has 1 unspecified atom stereocenters. The molecule has 98 valence electrons. The fourth-order valence-corrected chi connectivity index (χ4v) is 1.93. The van der Waals surface area contributed by atoms with Gasteiger partial charge < -0.3 is 15.2 Å². The van der Waals surface area contributed by atoms with Gasteiger partial charge in [0, 0.05) is 18.2 Å². The average molecular weight is 231 g/mol. The maximum atomic E-state index is 9.53. The van der Waals surface area contributed by atoms with Gasteiger partial charge in [0.15, 0.2) is 0 Å². The van der Waals surface area contributed by atoms with E-state index < -0.39 is 0 Å². The first-order valence-electron chi connectivity index (χ1n) is 6.46. The van der Waals surface area contributed by atoms with Crippen molar-refractivity contribution in [2.45, 2.75) is 71.6 Å². The molecule has 0 heterocycles. The molecular weight excluding hydrogens is 202 g/mol. The lowest BCUT2D eigenvalue weighted by Crippen LogP contribution is -2.51. The molecule has 0 radical (unpaired) electrons. The molecule has 0 bridgehead atoms. The van der Waals surface area contributed by atoms with E-state index in [9.17, 15) is 5.11 Å². The van der Waals surface area contributed by atoms with Crippen molar-refractivity contribution in [3.63, 3.8) is 0 Å². The van der Waals surface area contributed by atoms with Gasteiger partial charge in [0.25, 0.3) is 0 Å². The van der Waals surface area contributed by atoms with Gasteiger partial charge in [-0.2, -0.15) is 0 Å². The van der Waals surface area contributed by atoms with Crippen LogP contribution in [0.3, 0.4) is 0 Å². The lowest BCUT2D eigenvalue weighted by molar-refractivity contribution is 0.0628. The molecule has 0 aliphatic rings. The van der Waals surface area contributed by atoms with Crippen molar-refractivity contribution in [2.24, 2.45) is 0 Å². The molecule has 1 atom stereocenters. The van der Waals surface area contributed by atoms with Crippen LogP contribution in [-0.4, -0.2) is 36.0 Å². The summed E-state index contributed by atoms with van der Waals surface area (Å²) >= 11 is 0. The highest BCUT2D eigenvalue weighted by atomic mass is 16.5. The largest absolute Gasteiger partial charge is 0.394 e. The number of hydrogen-bond donors (Lipinski definition) is 2. The Morgan fingerprint density at radius 2 is 1.88 bits per heavy atom. The summed E-state index contributed by atoms with van der Waals surface area (Å²) in [6.45, 7) is 11.4. The van der Waals surface area contributed by atoms with E-state index in [1.54, 1.807) is 0 Å². The van der Waals surface area contributed by atoms with Crippen LogP contribution in [0.2, 0.25) is 0 Å². The van der Waals surface area contributed by atoms with E-state index >= 15 is 0 Å². The number of rotatable bonds is 9. The van der Waals surface area contributed by atoms with Gasteiger partial charge in [-0.15, -0.1) is 0 Å². The summed E-state index contributed by atoms with van der Waals surface area (Å²) in [5.74, 6) is 0. The van der Waals surface area contributed by atoms with E-state index in [1.165, 1.54) is 0 Å². The summed E-state index contributed by atoms with van der Waals surface area (Å²) in [5.41, 5.74) is -0.130. The highest BCUT2D eigenvalue weighted by Crippen LogP contribution is 2.18. The fraction of sp³-hybridized carbons (Fsp3) is 1.00. The van der Waals surface area contributed by atoms with Gasteiger partial charge in [0.05, 0.1) is 12.7 Å². The second-order valence-corrected chi connectivity index (χ2v) is 5.11. The molecule has 3 nitrogen and oxygen atoms in total. The molecule has 0 amide bonds. The SMILES string of the molecule is CCC(CO)(CCCOC(C)C)NC(C)C. The van der Waals surface area contributed by atoms with Crippen LogP contribution in [-0.2, 0) is 4.74 Å². The van der Waals surface area contributed by atoms with Gasteiger partial charge in [-0.25, -0.2) is 0 Å². The third-order valence-electron chi connectivity index (χ3n) is 2.83.